The van der Waals surface area contributed by atoms with Crippen LogP contribution < -0.4 is 10.1 Å². The summed E-state index contributed by atoms with van der Waals surface area (Å²) in [5.74, 6) is 2.28. The molecule has 1 aliphatic rings. The molecule has 1 aliphatic heterocycles. The molecular weight excluding hydrogens is 430 g/mol. The van der Waals surface area contributed by atoms with Crippen LogP contribution in [-0.4, -0.2) is 23.4 Å². The highest BCUT2D eigenvalue weighted by molar-refractivity contribution is 7.99. The van der Waals surface area contributed by atoms with Crippen molar-refractivity contribution in [3.8, 4) is 11.5 Å². The van der Waals surface area contributed by atoms with Crippen LogP contribution in [0.15, 0.2) is 35.2 Å². The van der Waals surface area contributed by atoms with Crippen LogP contribution in [0.3, 0.4) is 0 Å². The van der Waals surface area contributed by atoms with Gasteiger partial charge in [0, 0.05) is 21.7 Å². The second-order valence-corrected chi connectivity index (χ2v) is 12.7. The highest BCUT2D eigenvalue weighted by Crippen LogP contribution is 2.42. The molecule has 2 aromatic rings. The summed E-state index contributed by atoms with van der Waals surface area (Å²) in [5.41, 5.74) is 3.15. The van der Waals surface area contributed by atoms with E-state index in [0.29, 0.717) is 12.4 Å². The molecule has 2 aromatic carbocycles. The molecule has 4 nitrogen and oxygen atoms in total. The maximum absolute atomic E-state index is 12.1. The highest BCUT2D eigenvalue weighted by Gasteiger charge is 2.38. The maximum atomic E-state index is 12.1. The lowest BCUT2D eigenvalue weighted by Crippen LogP contribution is -2.26. The second kappa shape index (κ2) is 9.25. The first-order valence-electron chi connectivity index (χ1n) is 11.8. The van der Waals surface area contributed by atoms with Crippen molar-refractivity contribution in [2.24, 2.45) is 0 Å². The SMILES string of the molecule is CC(C)(C)c1cc(SCCCCOc2ccc3c(c2)C(C)(C)C(=O)N3)cc(C(C)(C)C)c1O. The van der Waals surface area contributed by atoms with Crippen molar-refractivity contribution in [2.75, 3.05) is 17.7 Å². The topological polar surface area (TPSA) is 58.6 Å². The molecule has 0 unspecified atom stereocenters. The molecule has 0 aromatic heterocycles. The summed E-state index contributed by atoms with van der Waals surface area (Å²) < 4.78 is 5.97. The number of phenolic OH excluding ortho intramolecular Hbond substituents is 1. The van der Waals surface area contributed by atoms with Crippen molar-refractivity contribution in [3.05, 3.63) is 47.0 Å². The average molecular weight is 470 g/mol. The molecule has 5 heteroatoms. The van der Waals surface area contributed by atoms with E-state index in [0.717, 1.165) is 46.7 Å². The fourth-order valence-electron chi connectivity index (χ4n) is 4.06. The number of ether oxygens (including phenoxy) is 1. The zero-order valence-corrected chi connectivity index (χ0v) is 22.2. The molecule has 0 saturated carbocycles. The van der Waals surface area contributed by atoms with Gasteiger partial charge in [-0.05, 0) is 79.2 Å². The van der Waals surface area contributed by atoms with E-state index in [1.807, 2.05) is 43.8 Å². The van der Waals surface area contributed by atoms with Crippen molar-refractivity contribution >= 4 is 23.4 Å². The number of amides is 1. The van der Waals surface area contributed by atoms with Gasteiger partial charge in [-0.15, -0.1) is 11.8 Å². The van der Waals surface area contributed by atoms with Gasteiger partial charge in [0.1, 0.15) is 11.5 Å². The molecule has 0 saturated heterocycles. The van der Waals surface area contributed by atoms with E-state index >= 15 is 0 Å². The number of anilines is 1. The van der Waals surface area contributed by atoms with Gasteiger partial charge in [-0.1, -0.05) is 41.5 Å². The zero-order chi connectivity index (χ0) is 24.6. The van der Waals surface area contributed by atoms with Crippen LogP contribution in [0.1, 0.15) is 84.9 Å². The number of carbonyl (C=O) groups excluding carboxylic acids is 1. The minimum Gasteiger partial charge on any atom is -0.507 e. The number of aromatic hydroxyl groups is 1. The third-order valence-electron chi connectivity index (χ3n) is 6.26. The fraction of sp³-hybridized carbons (Fsp3) is 0.536. The third kappa shape index (κ3) is 5.68. The smallest absolute Gasteiger partial charge is 0.234 e. The number of rotatable bonds is 7. The number of hydrogen-bond donors (Lipinski definition) is 2. The molecule has 0 atom stereocenters. The van der Waals surface area contributed by atoms with Crippen LogP contribution in [0.5, 0.6) is 11.5 Å². The Labute approximate surface area is 203 Å². The number of benzene rings is 2. The Balaban J connectivity index is 1.55. The third-order valence-corrected chi connectivity index (χ3v) is 7.32. The molecule has 0 bridgehead atoms. The van der Waals surface area contributed by atoms with Crippen LogP contribution in [-0.2, 0) is 21.0 Å². The molecule has 0 radical (unpaired) electrons. The lowest BCUT2D eigenvalue weighted by molar-refractivity contribution is -0.119. The molecule has 0 fully saturated rings. The van der Waals surface area contributed by atoms with E-state index in [-0.39, 0.29) is 16.7 Å². The van der Waals surface area contributed by atoms with E-state index in [9.17, 15) is 9.90 Å². The summed E-state index contributed by atoms with van der Waals surface area (Å²) in [6, 6.07) is 10.1. The van der Waals surface area contributed by atoms with E-state index < -0.39 is 5.41 Å². The summed E-state index contributed by atoms with van der Waals surface area (Å²) in [5, 5.41) is 13.8. The van der Waals surface area contributed by atoms with Crippen molar-refractivity contribution in [3.63, 3.8) is 0 Å². The maximum Gasteiger partial charge on any atom is 0.234 e. The number of phenols is 1. The molecule has 3 rings (SSSR count). The lowest BCUT2D eigenvalue weighted by atomic mass is 9.79. The predicted molar refractivity (Wildman–Crippen MR) is 139 cm³/mol. The van der Waals surface area contributed by atoms with Crippen LogP contribution in [0.4, 0.5) is 5.69 Å². The summed E-state index contributed by atoms with van der Waals surface area (Å²) in [6.45, 7) is 17.4. The Morgan fingerprint density at radius 2 is 1.58 bits per heavy atom. The standard InChI is InChI=1S/C28H39NO3S/c1-26(2,3)21-16-19(17-22(24(21)30)27(4,5)6)33-14-10-9-13-32-18-11-12-23-20(15-18)28(7,8)25(31)29-23/h11-12,15-17,30H,9-10,13-14H2,1-8H3,(H,29,31). The van der Waals surface area contributed by atoms with Gasteiger partial charge >= 0.3 is 0 Å². The largest absolute Gasteiger partial charge is 0.507 e. The minimum absolute atomic E-state index is 0.0325. The van der Waals surface area contributed by atoms with E-state index in [4.69, 9.17) is 4.74 Å². The second-order valence-electron chi connectivity index (χ2n) is 11.6. The Hall–Kier alpha value is -2.14. The first-order chi connectivity index (χ1) is 15.2. The summed E-state index contributed by atoms with van der Waals surface area (Å²) in [4.78, 5) is 13.3. The number of nitrogens with one attached hydrogen (secondary N) is 1. The van der Waals surface area contributed by atoms with Crippen molar-refractivity contribution in [1.29, 1.82) is 0 Å². The van der Waals surface area contributed by atoms with Gasteiger partial charge in [0.05, 0.1) is 12.0 Å². The van der Waals surface area contributed by atoms with Crippen LogP contribution in [0, 0.1) is 0 Å². The molecule has 33 heavy (non-hydrogen) atoms. The normalized spacial score (nSPS) is 15.3. The molecule has 0 spiro atoms. The van der Waals surface area contributed by atoms with Crippen molar-refractivity contribution < 1.29 is 14.6 Å². The van der Waals surface area contributed by atoms with E-state index in [1.165, 1.54) is 4.90 Å². The molecular formula is C28H39NO3S. The van der Waals surface area contributed by atoms with Gasteiger partial charge in [0.25, 0.3) is 0 Å². The van der Waals surface area contributed by atoms with Crippen LogP contribution in [0.25, 0.3) is 0 Å². The molecule has 1 amide bonds. The molecule has 2 N–H and O–H groups in total. The Kier molecular flexibility index (Phi) is 7.14. The zero-order valence-electron chi connectivity index (χ0n) is 21.4. The van der Waals surface area contributed by atoms with Gasteiger partial charge in [-0.25, -0.2) is 0 Å². The quantitative estimate of drug-likeness (QED) is 0.333. The van der Waals surface area contributed by atoms with Crippen LogP contribution in [0.2, 0.25) is 0 Å². The number of thioether (sulfide) groups is 1. The number of fused-ring (bicyclic) bond motifs is 1. The van der Waals surface area contributed by atoms with Gasteiger partial charge in [0.15, 0.2) is 0 Å². The monoisotopic (exact) mass is 469 g/mol. The Morgan fingerprint density at radius 3 is 2.15 bits per heavy atom. The Bertz CT molecular complexity index is 993. The van der Waals surface area contributed by atoms with Gasteiger partial charge in [-0.2, -0.15) is 0 Å². The van der Waals surface area contributed by atoms with E-state index in [1.54, 1.807) is 0 Å². The highest BCUT2D eigenvalue weighted by atomic mass is 32.2. The first kappa shape index (κ1) is 25.5. The van der Waals surface area contributed by atoms with Gasteiger partial charge in [0.2, 0.25) is 5.91 Å². The molecule has 180 valence electrons. The minimum atomic E-state index is -0.521. The number of hydrogen-bond acceptors (Lipinski definition) is 4. The van der Waals surface area contributed by atoms with Crippen LogP contribution >= 0.6 is 11.8 Å². The molecule has 1 heterocycles. The summed E-state index contributed by atoms with van der Waals surface area (Å²) in [6.07, 6.45) is 2.00. The van der Waals surface area contributed by atoms with Gasteiger partial charge in [-0.3, -0.25) is 4.79 Å². The van der Waals surface area contributed by atoms with Crippen molar-refractivity contribution in [1.82, 2.24) is 0 Å². The van der Waals surface area contributed by atoms with Gasteiger partial charge < -0.3 is 15.2 Å². The van der Waals surface area contributed by atoms with E-state index in [2.05, 4.69) is 59.0 Å². The van der Waals surface area contributed by atoms with Crippen molar-refractivity contribution in [2.45, 2.75) is 89.4 Å². The lowest BCUT2D eigenvalue weighted by Gasteiger charge is -2.28. The fourth-order valence-corrected chi connectivity index (χ4v) is 5.05. The first-order valence-corrected chi connectivity index (χ1v) is 12.8. The number of unbranched alkanes of at least 4 members (excludes halogenated alkanes) is 1. The Morgan fingerprint density at radius 1 is 0.970 bits per heavy atom. The predicted octanol–water partition coefficient (Wildman–Crippen LogP) is 7.17. The molecule has 0 aliphatic carbocycles. The summed E-state index contributed by atoms with van der Waals surface area (Å²) in [7, 11) is 0. The average Bonchev–Trinajstić information content (AvgIpc) is 2.92. The number of carbonyl (C=O) groups is 1. The summed E-state index contributed by atoms with van der Waals surface area (Å²) >= 11 is 1.84.